The average Bonchev–Trinajstić information content (AvgIpc) is 2.34. The zero-order valence-electron chi connectivity index (χ0n) is 10.3. The summed E-state index contributed by atoms with van der Waals surface area (Å²) < 4.78 is 11.4. The van der Waals surface area contributed by atoms with Crippen molar-refractivity contribution in [3.05, 3.63) is 34.2 Å². The minimum absolute atomic E-state index is 0.0250. The molecule has 0 bridgehead atoms. The van der Waals surface area contributed by atoms with E-state index in [1.807, 2.05) is 0 Å². The van der Waals surface area contributed by atoms with Crippen LogP contribution in [0.15, 0.2) is 23.0 Å². The van der Waals surface area contributed by atoms with E-state index in [2.05, 4.69) is 0 Å². The number of hydrogen-bond acceptors (Lipinski definition) is 4. The van der Waals surface area contributed by atoms with Crippen molar-refractivity contribution in [1.29, 1.82) is 0 Å². The van der Waals surface area contributed by atoms with Crippen LogP contribution in [0.1, 0.15) is 16.9 Å². The van der Waals surface area contributed by atoms with Crippen LogP contribution in [-0.2, 0) is 16.0 Å². The van der Waals surface area contributed by atoms with Gasteiger partial charge in [0, 0.05) is 32.9 Å². The van der Waals surface area contributed by atoms with Crippen molar-refractivity contribution in [3.63, 3.8) is 0 Å². The SMILES string of the molecule is COCCCOCCn1c(C(=O)O)cccc1=O. The van der Waals surface area contributed by atoms with E-state index < -0.39 is 5.97 Å². The molecule has 1 N–H and O–H groups in total. The number of carboxylic acid groups (broad SMARTS) is 1. The van der Waals surface area contributed by atoms with Crippen molar-refractivity contribution in [3.8, 4) is 0 Å². The van der Waals surface area contributed by atoms with Gasteiger partial charge in [-0.25, -0.2) is 4.79 Å². The molecule has 1 aromatic heterocycles. The van der Waals surface area contributed by atoms with E-state index in [9.17, 15) is 9.59 Å². The molecule has 0 unspecified atom stereocenters. The summed E-state index contributed by atoms with van der Waals surface area (Å²) in [5, 5.41) is 8.95. The molecular formula is C12H17NO5. The Balaban J connectivity index is 2.51. The number of methoxy groups -OCH3 is 1. The van der Waals surface area contributed by atoms with E-state index in [1.165, 1.54) is 22.8 Å². The third kappa shape index (κ3) is 4.31. The van der Waals surface area contributed by atoms with Crippen LogP contribution in [-0.4, -0.2) is 42.6 Å². The Morgan fingerprint density at radius 1 is 1.33 bits per heavy atom. The molecule has 6 nitrogen and oxygen atoms in total. The van der Waals surface area contributed by atoms with Gasteiger partial charge < -0.3 is 19.1 Å². The van der Waals surface area contributed by atoms with Crippen molar-refractivity contribution in [2.24, 2.45) is 0 Å². The summed E-state index contributed by atoms with van der Waals surface area (Å²) in [6.45, 7) is 1.67. The molecular weight excluding hydrogens is 238 g/mol. The molecule has 6 heteroatoms. The highest BCUT2D eigenvalue weighted by Gasteiger charge is 2.09. The van der Waals surface area contributed by atoms with Gasteiger partial charge in [0.1, 0.15) is 5.69 Å². The van der Waals surface area contributed by atoms with Crippen LogP contribution < -0.4 is 5.56 Å². The number of ether oxygens (including phenoxy) is 2. The molecule has 0 aliphatic rings. The predicted octanol–water partition coefficient (Wildman–Crippen LogP) is 0.600. The number of aromatic nitrogens is 1. The first-order chi connectivity index (χ1) is 8.66. The first-order valence-corrected chi connectivity index (χ1v) is 5.66. The van der Waals surface area contributed by atoms with Gasteiger partial charge in [-0.1, -0.05) is 6.07 Å². The predicted molar refractivity (Wildman–Crippen MR) is 65.0 cm³/mol. The van der Waals surface area contributed by atoms with Crippen molar-refractivity contribution in [2.75, 3.05) is 26.9 Å². The summed E-state index contributed by atoms with van der Waals surface area (Å²) in [5.41, 5.74) is -0.363. The third-order valence-corrected chi connectivity index (χ3v) is 2.37. The Bertz CT molecular complexity index is 440. The number of hydrogen-bond donors (Lipinski definition) is 1. The minimum atomic E-state index is -1.12. The maximum absolute atomic E-state index is 11.5. The monoisotopic (exact) mass is 255 g/mol. The fraction of sp³-hybridized carbons (Fsp3) is 0.500. The van der Waals surface area contributed by atoms with Crippen LogP contribution in [0.4, 0.5) is 0 Å². The van der Waals surface area contributed by atoms with Crippen molar-refractivity contribution in [2.45, 2.75) is 13.0 Å². The fourth-order valence-corrected chi connectivity index (χ4v) is 1.50. The molecule has 0 radical (unpaired) electrons. The van der Waals surface area contributed by atoms with Crippen LogP contribution in [0.3, 0.4) is 0 Å². The van der Waals surface area contributed by atoms with Crippen LogP contribution in [0.25, 0.3) is 0 Å². The second-order valence-corrected chi connectivity index (χ2v) is 3.66. The molecule has 0 atom stereocenters. The smallest absolute Gasteiger partial charge is 0.352 e. The lowest BCUT2D eigenvalue weighted by molar-refractivity contribution is 0.0675. The van der Waals surface area contributed by atoms with Gasteiger partial charge >= 0.3 is 5.97 Å². The Hall–Kier alpha value is -1.66. The summed E-state index contributed by atoms with van der Waals surface area (Å²) in [7, 11) is 1.61. The highest BCUT2D eigenvalue weighted by atomic mass is 16.5. The Kier molecular flexibility index (Phi) is 6.10. The standard InChI is InChI=1S/C12H17NO5/c1-17-7-3-8-18-9-6-13-10(12(15)16)4-2-5-11(13)14/h2,4-5H,3,6-9H2,1H3,(H,15,16). The number of aromatic carboxylic acids is 1. The van der Waals surface area contributed by atoms with Crippen LogP contribution in [0.5, 0.6) is 0 Å². The lowest BCUT2D eigenvalue weighted by Crippen LogP contribution is -2.26. The van der Waals surface area contributed by atoms with Gasteiger partial charge in [0.2, 0.25) is 0 Å². The number of rotatable bonds is 8. The molecule has 1 aromatic rings. The molecule has 0 aliphatic heterocycles. The summed E-state index contributed by atoms with van der Waals surface area (Å²) in [4.78, 5) is 22.5. The first kappa shape index (κ1) is 14.4. The maximum Gasteiger partial charge on any atom is 0.352 e. The molecule has 0 saturated carbocycles. The molecule has 0 aromatic carbocycles. The van der Waals surface area contributed by atoms with E-state index in [0.29, 0.717) is 19.8 Å². The molecule has 0 saturated heterocycles. The number of nitrogens with zero attached hydrogens (tertiary/aromatic N) is 1. The van der Waals surface area contributed by atoms with Crippen LogP contribution in [0.2, 0.25) is 0 Å². The van der Waals surface area contributed by atoms with E-state index >= 15 is 0 Å². The highest BCUT2D eigenvalue weighted by molar-refractivity contribution is 5.85. The average molecular weight is 255 g/mol. The molecule has 0 amide bonds. The van der Waals surface area contributed by atoms with Gasteiger partial charge in [0.15, 0.2) is 0 Å². The fourth-order valence-electron chi connectivity index (χ4n) is 1.50. The molecule has 0 fully saturated rings. The molecule has 1 rings (SSSR count). The first-order valence-electron chi connectivity index (χ1n) is 5.66. The van der Waals surface area contributed by atoms with Gasteiger partial charge in [0.05, 0.1) is 6.61 Å². The minimum Gasteiger partial charge on any atom is -0.477 e. The summed E-state index contributed by atoms with van der Waals surface area (Å²) in [6.07, 6.45) is 0.770. The summed E-state index contributed by atoms with van der Waals surface area (Å²) in [6, 6.07) is 4.16. The maximum atomic E-state index is 11.5. The number of pyridine rings is 1. The van der Waals surface area contributed by atoms with Gasteiger partial charge in [-0.3, -0.25) is 4.79 Å². The van der Waals surface area contributed by atoms with Gasteiger partial charge in [-0.05, 0) is 12.5 Å². The van der Waals surface area contributed by atoms with E-state index in [-0.39, 0.29) is 17.8 Å². The van der Waals surface area contributed by atoms with Gasteiger partial charge in [-0.2, -0.15) is 0 Å². The molecule has 0 spiro atoms. The Morgan fingerprint density at radius 2 is 2.11 bits per heavy atom. The lowest BCUT2D eigenvalue weighted by atomic mass is 10.3. The van der Waals surface area contributed by atoms with E-state index in [0.717, 1.165) is 6.42 Å². The number of carbonyl (C=O) groups is 1. The van der Waals surface area contributed by atoms with Crippen LogP contribution >= 0.6 is 0 Å². The summed E-state index contributed by atoms with van der Waals surface area (Å²) >= 11 is 0. The Morgan fingerprint density at radius 3 is 2.78 bits per heavy atom. The van der Waals surface area contributed by atoms with Crippen LogP contribution in [0, 0.1) is 0 Å². The topological polar surface area (TPSA) is 77.8 Å². The molecule has 0 aliphatic carbocycles. The van der Waals surface area contributed by atoms with Crippen molar-refractivity contribution >= 4 is 5.97 Å². The Labute approximate surface area is 105 Å². The second-order valence-electron chi connectivity index (χ2n) is 3.66. The number of carboxylic acids is 1. The molecule has 100 valence electrons. The largest absolute Gasteiger partial charge is 0.477 e. The van der Waals surface area contributed by atoms with Crippen molar-refractivity contribution in [1.82, 2.24) is 4.57 Å². The van der Waals surface area contributed by atoms with Crippen molar-refractivity contribution < 1.29 is 19.4 Å². The quantitative estimate of drug-likeness (QED) is 0.688. The van der Waals surface area contributed by atoms with Gasteiger partial charge in [-0.15, -0.1) is 0 Å². The normalized spacial score (nSPS) is 10.5. The molecule has 18 heavy (non-hydrogen) atoms. The zero-order valence-corrected chi connectivity index (χ0v) is 10.3. The lowest BCUT2D eigenvalue weighted by Gasteiger charge is -2.09. The van der Waals surface area contributed by atoms with Gasteiger partial charge in [0.25, 0.3) is 5.56 Å². The highest BCUT2D eigenvalue weighted by Crippen LogP contribution is 1.97. The molecule has 1 heterocycles. The summed E-state index contributed by atoms with van der Waals surface area (Å²) in [5.74, 6) is -1.12. The van der Waals surface area contributed by atoms with E-state index in [4.69, 9.17) is 14.6 Å². The zero-order chi connectivity index (χ0) is 13.4. The third-order valence-electron chi connectivity index (χ3n) is 2.37. The van der Waals surface area contributed by atoms with E-state index in [1.54, 1.807) is 7.11 Å². The second kappa shape index (κ2) is 7.62.